The summed E-state index contributed by atoms with van der Waals surface area (Å²) in [5.41, 5.74) is 4.24. The van der Waals surface area contributed by atoms with Crippen molar-refractivity contribution in [1.82, 2.24) is 4.98 Å². The number of fused-ring (bicyclic) bond motifs is 1. The zero-order valence-electron chi connectivity index (χ0n) is 12.0. The van der Waals surface area contributed by atoms with E-state index in [0.29, 0.717) is 0 Å². The summed E-state index contributed by atoms with van der Waals surface area (Å²) < 4.78 is 0. The third-order valence-electron chi connectivity index (χ3n) is 3.21. The molecule has 0 aliphatic carbocycles. The fourth-order valence-corrected chi connectivity index (χ4v) is 2.65. The quantitative estimate of drug-likeness (QED) is 0.652. The molecule has 0 saturated carbocycles. The molecule has 2 nitrogen and oxygen atoms in total. The number of thioether (sulfide) groups is 1. The normalized spacial score (nSPS) is 10.2. The second-order valence-corrected chi connectivity index (χ2v) is 5.56. The van der Waals surface area contributed by atoms with Crippen LogP contribution in [0.25, 0.3) is 10.9 Å². The van der Waals surface area contributed by atoms with Crippen LogP contribution in [0.2, 0.25) is 0 Å². The van der Waals surface area contributed by atoms with E-state index in [0.717, 1.165) is 28.0 Å². The molecule has 0 radical (unpaired) electrons. The maximum Gasteiger partial charge on any atom is 0.0726 e. The topological polar surface area (TPSA) is 24.9 Å². The fourth-order valence-electron chi connectivity index (χ4n) is 2.24. The Kier molecular flexibility index (Phi) is 5.10. The highest BCUT2D eigenvalue weighted by molar-refractivity contribution is 7.98. The Morgan fingerprint density at radius 2 is 1.71 bits per heavy atom. The summed E-state index contributed by atoms with van der Waals surface area (Å²) in [5, 5.41) is 4.64. The molecule has 0 atom stereocenters. The Balaban J connectivity index is 0.00000161. The molecule has 0 bridgehead atoms. The fraction of sp³-hybridized carbons (Fsp3) is 0.118. The van der Waals surface area contributed by atoms with Gasteiger partial charge in [-0.25, -0.2) is 0 Å². The molecule has 108 valence electrons. The number of rotatable bonds is 3. The van der Waals surface area contributed by atoms with Crippen molar-refractivity contribution in [2.24, 2.45) is 0 Å². The number of para-hydroxylation sites is 1. The lowest BCUT2D eigenvalue weighted by atomic mass is 10.1. The number of hydrogen-bond acceptors (Lipinski definition) is 3. The van der Waals surface area contributed by atoms with E-state index in [4.69, 9.17) is 0 Å². The lowest BCUT2D eigenvalue weighted by Crippen LogP contribution is -1.94. The SMILES string of the molecule is CSc1ccc(Nc2cc(C)nc3ccccc23)cc1.Cl. The molecule has 0 unspecified atom stereocenters. The molecule has 0 aliphatic rings. The predicted octanol–water partition coefficient (Wildman–Crippen LogP) is 5.43. The number of anilines is 2. The van der Waals surface area contributed by atoms with Gasteiger partial charge in [0.25, 0.3) is 0 Å². The molecule has 1 heterocycles. The smallest absolute Gasteiger partial charge is 0.0726 e. The first-order valence-corrected chi connectivity index (χ1v) is 7.76. The highest BCUT2D eigenvalue weighted by Gasteiger charge is 2.04. The molecule has 21 heavy (non-hydrogen) atoms. The van der Waals surface area contributed by atoms with Gasteiger partial charge in [-0.3, -0.25) is 4.98 Å². The Bertz CT molecular complexity index is 741. The van der Waals surface area contributed by atoms with Crippen LogP contribution in [0.4, 0.5) is 11.4 Å². The van der Waals surface area contributed by atoms with Gasteiger partial charge in [0.2, 0.25) is 0 Å². The van der Waals surface area contributed by atoms with E-state index in [9.17, 15) is 0 Å². The molecule has 1 N–H and O–H groups in total. The van der Waals surface area contributed by atoms with Crippen molar-refractivity contribution in [3.8, 4) is 0 Å². The lowest BCUT2D eigenvalue weighted by molar-refractivity contribution is 1.25. The van der Waals surface area contributed by atoms with Gasteiger partial charge in [-0.1, -0.05) is 18.2 Å². The van der Waals surface area contributed by atoms with Crippen LogP contribution < -0.4 is 5.32 Å². The number of pyridine rings is 1. The van der Waals surface area contributed by atoms with Crippen LogP contribution in [0.3, 0.4) is 0 Å². The second kappa shape index (κ2) is 6.83. The summed E-state index contributed by atoms with van der Waals surface area (Å²) in [4.78, 5) is 5.83. The summed E-state index contributed by atoms with van der Waals surface area (Å²) in [6, 6.07) is 18.8. The van der Waals surface area contributed by atoms with Crippen LogP contribution in [0.5, 0.6) is 0 Å². The van der Waals surface area contributed by atoms with Crippen molar-refractivity contribution in [3.05, 3.63) is 60.3 Å². The third-order valence-corrected chi connectivity index (χ3v) is 3.96. The summed E-state index contributed by atoms with van der Waals surface area (Å²) in [5.74, 6) is 0. The predicted molar refractivity (Wildman–Crippen MR) is 95.2 cm³/mol. The molecule has 0 amide bonds. The maximum atomic E-state index is 4.56. The number of benzene rings is 2. The summed E-state index contributed by atoms with van der Waals surface area (Å²) >= 11 is 1.75. The second-order valence-electron chi connectivity index (χ2n) is 4.68. The molecular formula is C17H17ClN2S. The molecular weight excluding hydrogens is 300 g/mol. The first-order chi connectivity index (χ1) is 9.76. The van der Waals surface area contributed by atoms with Gasteiger partial charge in [0, 0.05) is 27.4 Å². The van der Waals surface area contributed by atoms with Gasteiger partial charge in [-0.2, -0.15) is 0 Å². The summed E-state index contributed by atoms with van der Waals surface area (Å²) in [6.07, 6.45) is 2.09. The zero-order chi connectivity index (χ0) is 13.9. The van der Waals surface area contributed by atoms with Crippen molar-refractivity contribution >= 4 is 46.4 Å². The maximum absolute atomic E-state index is 4.56. The highest BCUT2D eigenvalue weighted by atomic mass is 35.5. The average molecular weight is 317 g/mol. The minimum absolute atomic E-state index is 0. The van der Waals surface area contributed by atoms with E-state index in [1.54, 1.807) is 11.8 Å². The van der Waals surface area contributed by atoms with E-state index >= 15 is 0 Å². The van der Waals surface area contributed by atoms with Crippen LogP contribution in [0.1, 0.15) is 5.69 Å². The molecule has 0 saturated heterocycles. The third kappa shape index (κ3) is 3.49. The van der Waals surface area contributed by atoms with Crippen molar-refractivity contribution in [2.45, 2.75) is 11.8 Å². The van der Waals surface area contributed by atoms with Crippen molar-refractivity contribution in [3.63, 3.8) is 0 Å². The van der Waals surface area contributed by atoms with E-state index in [1.807, 2.05) is 25.1 Å². The molecule has 0 fully saturated rings. The van der Waals surface area contributed by atoms with Crippen LogP contribution in [-0.2, 0) is 0 Å². The first-order valence-electron chi connectivity index (χ1n) is 6.54. The van der Waals surface area contributed by atoms with Gasteiger partial charge in [0.05, 0.1) is 5.52 Å². The Morgan fingerprint density at radius 1 is 1.00 bits per heavy atom. The lowest BCUT2D eigenvalue weighted by Gasteiger charge is -2.11. The minimum atomic E-state index is 0. The van der Waals surface area contributed by atoms with Gasteiger partial charge in [-0.05, 0) is 49.6 Å². The van der Waals surface area contributed by atoms with E-state index < -0.39 is 0 Å². The van der Waals surface area contributed by atoms with Crippen LogP contribution in [-0.4, -0.2) is 11.2 Å². The van der Waals surface area contributed by atoms with Crippen molar-refractivity contribution < 1.29 is 0 Å². The molecule has 2 aromatic carbocycles. The van der Waals surface area contributed by atoms with Crippen LogP contribution >= 0.6 is 24.2 Å². The van der Waals surface area contributed by atoms with E-state index in [1.165, 1.54) is 4.90 Å². The monoisotopic (exact) mass is 316 g/mol. The molecule has 3 rings (SSSR count). The number of hydrogen-bond donors (Lipinski definition) is 1. The van der Waals surface area contributed by atoms with E-state index in [2.05, 4.69) is 53.0 Å². The molecule has 1 aromatic heterocycles. The molecule has 0 spiro atoms. The van der Waals surface area contributed by atoms with Crippen molar-refractivity contribution in [2.75, 3.05) is 11.6 Å². The summed E-state index contributed by atoms with van der Waals surface area (Å²) in [6.45, 7) is 2.02. The standard InChI is InChI=1S/C17H16N2S.ClH/c1-12-11-17(15-5-3-4-6-16(15)18-12)19-13-7-9-14(20-2)10-8-13;/h3-11H,1-2H3,(H,18,19);1H. The highest BCUT2D eigenvalue weighted by Crippen LogP contribution is 2.27. The average Bonchev–Trinajstić information content (AvgIpc) is 2.48. The first kappa shape index (κ1) is 15.7. The number of aryl methyl sites for hydroxylation is 1. The van der Waals surface area contributed by atoms with Gasteiger partial charge >= 0.3 is 0 Å². The van der Waals surface area contributed by atoms with Gasteiger partial charge in [0.15, 0.2) is 0 Å². The van der Waals surface area contributed by atoms with Gasteiger partial charge < -0.3 is 5.32 Å². The molecule has 0 aliphatic heterocycles. The Hall–Kier alpha value is -1.71. The van der Waals surface area contributed by atoms with Crippen LogP contribution in [0, 0.1) is 6.92 Å². The Labute approximate surface area is 135 Å². The van der Waals surface area contributed by atoms with Gasteiger partial charge in [0.1, 0.15) is 0 Å². The minimum Gasteiger partial charge on any atom is -0.355 e. The number of nitrogens with one attached hydrogen (secondary N) is 1. The number of aromatic nitrogens is 1. The number of halogens is 1. The van der Waals surface area contributed by atoms with Crippen LogP contribution in [0.15, 0.2) is 59.5 Å². The van der Waals surface area contributed by atoms with Gasteiger partial charge in [-0.15, -0.1) is 24.2 Å². The largest absolute Gasteiger partial charge is 0.355 e. The Morgan fingerprint density at radius 3 is 2.43 bits per heavy atom. The molecule has 4 heteroatoms. The van der Waals surface area contributed by atoms with E-state index in [-0.39, 0.29) is 12.4 Å². The number of nitrogens with zero attached hydrogens (tertiary/aromatic N) is 1. The zero-order valence-corrected chi connectivity index (χ0v) is 13.6. The molecule has 3 aromatic rings. The van der Waals surface area contributed by atoms with Crippen molar-refractivity contribution in [1.29, 1.82) is 0 Å². The summed E-state index contributed by atoms with van der Waals surface area (Å²) in [7, 11) is 0.